The first-order valence-electron chi connectivity index (χ1n) is 11.4. The molecule has 1 aromatic carbocycles. The Hall–Kier alpha value is -1.88. The SMILES string of the molecule is O=C(NC1CCC(CCN2CCN(c3ccc(F)cc3)CC2)CC1)C1=CCCC1. The second-order valence-electron chi connectivity index (χ2n) is 8.91. The second kappa shape index (κ2) is 9.75. The number of carbonyl (C=O) groups is 1. The number of rotatable bonds is 6. The molecule has 0 radical (unpaired) electrons. The van der Waals surface area contributed by atoms with Crippen molar-refractivity contribution in [2.75, 3.05) is 37.6 Å². The van der Waals surface area contributed by atoms with Crippen molar-refractivity contribution < 1.29 is 9.18 Å². The summed E-state index contributed by atoms with van der Waals surface area (Å²) < 4.78 is 13.1. The molecule has 4 nitrogen and oxygen atoms in total. The standard InChI is InChI=1S/C24H34FN3O/c25-21-7-11-23(12-8-21)28-17-15-27(16-18-28)14-13-19-5-9-22(10-6-19)26-24(29)20-3-1-2-4-20/h3,7-8,11-12,19,22H,1-2,4-6,9-10,13-18H2,(H,26,29). The molecule has 1 saturated carbocycles. The average molecular weight is 400 g/mol. The number of nitrogens with one attached hydrogen (secondary N) is 1. The summed E-state index contributed by atoms with van der Waals surface area (Å²) in [5, 5.41) is 3.26. The lowest BCUT2D eigenvalue weighted by Gasteiger charge is -2.37. The Morgan fingerprint density at radius 1 is 1.03 bits per heavy atom. The largest absolute Gasteiger partial charge is 0.369 e. The molecule has 1 saturated heterocycles. The van der Waals surface area contributed by atoms with E-state index >= 15 is 0 Å². The molecule has 1 aromatic rings. The monoisotopic (exact) mass is 399 g/mol. The predicted molar refractivity (Wildman–Crippen MR) is 115 cm³/mol. The number of benzene rings is 1. The maximum Gasteiger partial charge on any atom is 0.247 e. The first kappa shape index (κ1) is 20.4. The summed E-state index contributed by atoms with van der Waals surface area (Å²) in [6, 6.07) is 7.23. The van der Waals surface area contributed by atoms with Crippen molar-refractivity contribution in [3.05, 3.63) is 41.7 Å². The smallest absolute Gasteiger partial charge is 0.247 e. The Morgan fingerprint density at radius 3 is 2.41 bits per heavy atom. The normalized spacial score (nSPS) is 25.7. The first-order valence-corrected chi connectivity index (χ1v) is 11.4. The molecule has 5 heteroatoms. The van der Waals surface area contributed by atoms with E-state index in [-0.39, 0.29) is 11.7 Å². The van der Waals surface area contributed by atoms with Crippen molar-refractivity contribution in [3.63, 3.8) is 0 Å². The Morgan fingerprint density at radius 2 is 1.76 bits per heavy atom. The van der Waals surface area contributed by atoms with E-state index in [9.17, 15) is 9.18 Å². The van der Waals surface area contributed by atoms with Gasteiger partial charge < -0.3 is 10.2 Å². The minimum atomic E-state index is -0.169. The summed E-state index contributed by atoms with van der Waals surface area (Å²) in [5.74, 6) is 0.811. The van der Waals surface area contributed by atoms with Crippen LogP contribution in [0.1, 0.15) is 51.4 Å². The number of carbonyl (C=O) groups excluding carboxylic acids is 1. The van der Waals surface area contributed by atoms with Crippen LogP contribution in [0.15, 0.2) is 35.9 Å². The Bertz CT molecular complexity index is 701. The highest BCUT2D eigenvalue weighted by Crippen LogP contribution is 2.28. The Balaban J connectivity index is 1.12. The number of hydrogen-bond acceptors (Lipinski definition) is 3. The van der Waals surface area contributed by atoms with Crippen molar-refractivity contribution in [1.82, 2.24) is 10.2 Å². The summed E-state index contributed by atoms with van der Waals surface area (Å²) >= 11 is 0. The van der Waals surface area contributed by atoms with Gasteiger partial charge in [0.25, 0.3) is 0 Å². The van der Waals surface area contributed by atoms with Crippen LogP contribution in [0, 0.1) is 11.7 Å². The summed E-state index contributed by atoms with van der Waals surface area (Å²) in [5.41, 5.74) is 2.13. The highest BCUT2D eigenvalue weighted by Gasteiger charge is 2.25. The number of halogens is 1. The van der Waals surface area contributed by atoms with E-state index in [1.54, 1.807) is 12.1 Å². The van der Waals surface area contributed by atoms with E-state index in [1.165, 1.54) is 25.8 Å². The number of amides is 1. The zero-order chi connectivity index (χ0) is 20.1. The van der Waals surface area contributed by atoms with Crippen LogP contribution in [-0.4, -0.2) is 49.6 Å². The third-order valence-electron chi connectivity index (χ3n) is 6.93. The fourth-order valence-corrected chi connectivity index (χ4v) is 5.00. The van der Waals surface area contributed by atoms with Gasteiger partial charge in [-0.25, -0.2) is 4.39 Å². The molecule has 0 atom stereocenters. The Kier molecular flexibility index (Phi) is 6.86. The van der Waals surface area contributed by atoms with E-state index in [0.717, 1.165) is 75.5 Å². The van der Waals surface area contributed by atoms with Gasteiger partial charge in [0.1, 0.15) is 5.82 Å². The number of anilines is 1. The van der Waals surface area contributed by atoms with Crippen LogP contribution in [0.5, 0.6) is 0 Å². The molecule has 0 bridgehead atoms. The summed E-state index contributed by atoms with van der Waals surface area (Å²) in [7, 11) is 0. The molecule has 1 aliphatic heterocycles. The average Bonchev–Trinajstić information content (AvgIpc) is 3.29. The Labute approximate surface area is 174 Å². The van der Waals surface area contributed by atoms with Gasteiger partial charge in [-0.2, -0.15) is 0 Å². The van der Waals surface area contributed by atoms with Gasteiger partial charge in [-0.1, -0.05) is 6.08 Å². The lowest BCUT2D eigenvalue weighted by atomic mass is 9.84. The molecule has 1 heterocycles. The van der Waals surface area contributed by atoms with Crippen LogP contribution in [0.25, 0.3) is 0 Å². The van der Waals surface area contributed by atoms with Crippen LogP contribution >= 0.6 is 0 Å². The number of nitrogens with zero attached hydrogens (tertiary/aromatic N) is 2. The molecule has 0 aromatic heterocycles. The molecule has 158 valence electrons. The van der Waals surface area contributed by atoms with Crippen LogP contribution < -0.4 is 10.2 Å². The fraction of sp³-hybridized carbons (Fsp3) is 0.625. The van der Waals surface area contributed by atoms with E-state index < -0.39 is 0 Å². The van der Waals surface area contributed by atoms with Crippen molar-refractivity contribution in [2.24, 2.45) is 5.92 Å². The third kappa shape index (κ3) is 5.59. The molecular weight excluding hydrogens is 365 g/mol. The van der Waals surface area contributed by atoms with Crippen molar-refractivity contribution in [2.45, 2.75) is 57.4 Å². The van der Waals surface area contributed by atoms with Gasteiger partial charge in [0.05, 0.1) is 0 Å². The minimum absolute atomic E-state index is 0.169. The van der Waals surface area contributed by atoms with E-state index in [2.05, 4.69) is 21.2 Å². The molecule has 2 aliphatic carbocycles. The van der Waals surface area contributed by atoms with Gasteiger partial charge >= 0.3 is 0 Å². The molecule has 2 fully saturated rings. The topological polar surface area (TPSA) is 35.6 Å². The first-order chi connectivity index (χ1) is 14.2. The van der Waals surface area contributed by atoms with Crippen LogP contribution in [0.3, 0.4) is 0 Å². The van der Waals surface area contributed by atoms with E-state index in [0.29, 0.717) is 6.04 Å². The maximum absolute atomic E-state index is 13.1. The highest BCUT2D eigenvalue weighted by atomic mass is 19.1. The molecule has 1 N–H and O–H groups in total. The van der Waals surface area contributed by atoms with Gasteiger partial charge in [-0.05, 0) is 88.1 Å². The van der Waals surface area contributed by atoms with Gasteiger partial charge in [0, 0.05) is 43.5 Å². The number of allylic oxidation sites excluding steroid dienone is 1. The number of hydrogen-bond donors (Lipinski definition) is 1. The van der Waals surface area contributed by atoms with Crippen molar-refractivity contribution in [1.29, 1.82) is 0 Å². The van der Waals surface area contributed by atoms with Gasteiger partial charge in [-0.3, -0.25) is 9.69 Å². The molecule has 4 rings (SSSR count). The lowest BCUT2D eigenvalue weighted by Crippen LogP contribution is -2.47. The number of piperazine rings is 1. The summed E-state index contributed by atoms with van der Waals surface area (Å²) in [6.07, 6.45) is 11.2. The third-order valence-corrected chi connectivity index (χ3v) is 6.93. The predicted octanol–water partition coefficient (Wildman–Crippen LogP) is 4.12. The van der Waals surface area contributed by atoms with Crippen molar-refractivity contribution in [3.8, 4) is 0 Å². The van der Waals surface area contributed by atoms with E-state index in [4.69, 9.17) is 0 Å². The summed E-state index contributed by atoms with van der Waals surface area (Å²) in [6.45, 7) is 5.36. The zero-order valence-electron chi connectivity index (χ0n) is 17.4. The quantitative estimate of drug-likeness (QED) is 0.782. The molecule has 0 unspecified atom stereocenters. The minimum Gasteiger partial charge on any atom is -0.369 e. The van der Waals surface area contributed by atoms with Gasteiger partial charge in [-0.15, -0.1) is 0 Å². The second-order valence-corrected chi connectivity index (χ2v) is 8.91. The van der Waals surface area contributed by atoms with Crippen molar-refractivity contribution >= 4 is 11.6 Å². The maximum atomic E-state index is 13.1. The summed E-state index contributed by atoms with van der Waals surface area (Å²) in [4.78, 5) is 17.2. The zero-order valence-corrected chi connectivity index (χ0v) is 17.4. The molecule has 0 spiro atoms. The van der Waals surface area contributed by atoms with E-state index in [1.807, 2.05) is 12.1 Å². The molecule has 1 amide bonds. The molecule has 3 aliphatic rings. The fourth-order valence-electron chi connectivity index (χ4n) is 5.00. The lowest BCUT2D eigenvalue weighted by molar-refractivity contribution is -0.118. The van der Waals surface area contributed by atoms with Gasteiger partial charge in [0.2, 0.25) is 5.91 Å². The molecule has 29 heavy (non-hydrogen) atoms. The molecular formula is C24H34FN3O. The highest BCUT2D eigenvalue weighted by molar-refractivity contribution is 5.93. The van der Waals surface area contributed by atoms with Gasteiger partial charge in [0.15, 0.2) is 0 Å². The van der Waals surface area contributed by atoms with Crippen LogP contribution in [0.4, 0.5) is 10.1 Å². The van der Waals surface area contributed by atoms with Crippen LogP contribution in [-0.2, 0) is 4.79 Å². The van der Waals surface area contributed by atoms with Crippen LogP contribution in [0.2, 0.25) is 0 Å².